The van der Waals surface area contributed by atoms with Crippen LogP contribution in [-0.4, -0.2) is 40.7 Å². The fraction of sp³-hybridized carbons (Fsp3) is 0.321. The first-order valence-corrected chi connectivity index (χ1v) is 13.0. The first kappa shape index (κ1) is 24.3. The molecule has 2 atom stereocenters. The maximum Gasteiger partial charge on any atom is 0.413 e. The Morgan fingerprint density at radius 2 is 1.94 bits per heavy atom. The second kappa shape index (κ2) is 9.58. The Bertz CT molecular complexity index is 1290. The Balaban J connectivity index is 1.55. The topological polar surface area (TPSA) is 66.8 Å². The summed E-state index contributed by atoms with van der Waals surface area (Å²) in [5, 5.41) is 3.39. The lowest BCUT2D eigenvalue weighted by Crippen LogP contribution is -2.43. The van der Waals surface area contributed by atoms with Gasteiger partial charge in [0.2, 0.25) is 5.95 Å². The summed E-state index contributed by atoms with van der Waals surface area (Å²) >= 11 is 1.53. The Morgan fingerprint density at radius 3 is 2.69 bits per heavy atom. The molecule has 36 heavy (non-hydrogen) atoms. The summed E-state index contributed by atoms with van der Waals surface area (Å²) in [5.41, 5.74) is 2.09. The number of thioether (sulfide) groups is 1. The minimum atomic E-state index is -0.611. The van der Waals surface area contributed by atoms with Crippen LogP contribution in [0.5, 0.6) is 0 Å². The maximum absolute atomic E-state index is 14.5. The van der Waals surface area contributed by atoms with Crippen molar-refractivity contribution in [2.75, 3.05) is 23.7 Å². The van der Waals surface area contributed by atoms with Gasteiger partial charge in [-0.25, -0.2) is 14.8 Å². The number of ether oxygens (including phenoxy) is 1. The van der Waals surface area contributed by atoms with Crippen LogP contribution in [0.1, 0.15) is 26.3 Å². The number of hydrogen-bond acceptors (Lipinski definition) is 6. The number of alkyl carbamates (subject to hydrolysis) is 1. The van der Waals surface area contributed by atoms with Gasteiger partial charge < -0.3 is 9.64 Å². The third-order valence-corrected chi connectivity index (χ3v) is 7.47. The summed E-state index contributed by atoms with van der Waals surface area (Å²) in [5.74, 6) is 0.473. The van der Waals surface area contributed by atoms with Crippen LogP contribution in [0.3, 0.4) is 0 Å². The lowest BCUT2D eigenvalue weighted by atomic mass is 9.81. The van der Waals surface area contributed by atoms with Crippen LogP contribution in [0.2, 0.25) is 0 Å². The first-order valence-electron chi connectivity index (χ1n) is 12.0. The molecular formula is C28H29FN4O2S. The molecule has 0 bridgehead atoms. The van der Waals surface area contributed by atoms with Crippen molar-refractivity contribution < 1.29 is 13.9 Å². The number of carbonyl (C=O) groups is 1. The number of pyridine rings is 1. The summed E-state index contributed by atoms with van der Waals surface area (Å²) < 4.78 is 20.0. The zero-order chi connectivity index (χ0) is 25.3. The van der Waals surface area contributed by atoms with Crippen LogP contribution in [0.4, 0.5) is 14.9 Å². The van der Waals surface area contributed by atoms with Gasteiger partial charge >= 0.3 is 6.09 Å². The van der Waals surface area contributed by atoms with Crippen molar-refractivity contribution >= 4 is 28.7 Å². The zero-order valence-corrected chi connectivity index (χ0v) is 21.4. The molecule has 2 aromatic carbocycles. The SMILES string of the molecule is CC(C)(C)OC(=O)NC1=N[C@@]2(c3cccc(-c4cccnc4F)c3)CN(c3ccccc3)C[C@H]2CS1. The molecule has 2 aliphatic rings. The number of aliphatic imine (C=N–C) groups is 1. The minimum absolute atomic E-state index is 0.195. The molecule has 0 radical (unpaired) electrons. The fourth-order valence-electron chi connectivity index (χ4n) is 4.85. The largest absolute Gasteiger partial charge is 0.444 e. The molecule has 0 saturated carbocycles. The lowest BCUT2D eigenvalue weighted by molar-refractivity contribution is 0.0564. The van der Waals surface area contributed by atoms with Gasteiger partial charge in [-0.15, -0.1) is 0 Å². The standard InChI is InChI=1S/C28H29FN4O2S/c1-27(2,3)35-26(34)31-25-32-28(18-33(16-21(28)17-36-25)22-11-5-4-6-12-22)20-10-7-9-19(15-20)23-13-8-14-30-24(23)29/h4-15,21H,16-18H2,1-3H3,(H,31,32,34)/t21-,28+/m0/s1. The molecule has 0 unspecified atom stereocenters. The summed E-state index contributed by atoms with van der Waals surface area (Å²) in [6, 6.07) is 21.6. The average Bonchev–Trinajstić information content (AvgIpc) is 3.24. The molecule has 1 amide bonds. The number of amides is 1. The smallest absolute Gasteiger partial charge is 0.413 e. The highest BCUT2D eigenvalue weighted by molar-refractivity contribution is 8.13. The van der Waals surface area contributed by atoms with Crippen LogP contribution in [-0.2, 0) is 10.3 Å². The molecular weight excluding hydrogens is 475 g/mol. The van der Waals surface area contributed by atoms with E-state index in [1.807, 2.05) is 63.2 Å². The fourth-order valence-corrected chi connectivity index (χ4v) is 5.97. The highest BCUT2D eigenvalue weighted by Crippen LogP contribution is 2.47. The van der Waals surface area contributed by atoms with E-state index >= 15 is 0 Å². The lowest BCUT2D eigenvalue weighted by Gasteiger charge is -2.36. The number of hydrogen-bond donors (Lipinski definition) is 1. The number of aromatic nitrogens is 1. The number of nitrogens with zero attached hydrogens (tertiary/aromatic N) is 3. The van der Waals surface area contributed by atoms with Crippen molar-refractivity contribution in [2.45, 2.75) is 31.9 Å². The minimum Gasteiger partial charge on any atom is -0.444 e. The van der Waals surface area contributed by atoms with Crippen molar-refractivity contribution in [3.8, 4) is 11.1 Å². The van der Waals surface area contributed by atoms with Crippen molar-refractivity contribution in [2.24, 2.45) is 10.9 Å². The zero-order valence-electron chi connectivity index (χ0n) is 20.6. The van der Waals surface area contributed by atoms with Gasteiger partial charge in [0.25, 0.3) is 0 Å². The predicted octanol–water partition coefficient (Wildman–Crippen LogP) is 5.85. The second-order valence-electron chi connectivity index (χ2n) is 10.1. The predicted molar refractivity (Wildman–Crippen MR) is 143 cm³/mol. The highest BCUT2D eigenvalue weighted by Gasteiger charge is 2.50. The number of benzene rings is 2. The molecule has 5 rings (SSSR count). The molecule has 3 heterocycles. The van der Waals surface area contributed by atoms with Gasteiger partial charge in [-0.05, 0) is 62.2 Å². The van der Waals surface area contributed by atoms with E-state index in [4.69, 9.17) is 9.73 Å². The summed E-state index contributed by atoms with van der Waals surface area (Å²) in [6.07, 6.45) is 0.926. The molecule has 1 saturated heterocycles. The number of carbonyl (C=O) groups excluding carboxylic acids is 1. The van der Waals surface area contributed by atoms with Crippen molar-refractivity contribution in [3.05, 3.63) is 84.4 Å². The Labute approximate surface area is 215 Å². The maximum atomic E-state index is 14.5. The van der Waals surface area contributed by atoms with E-state index in [-0.39, 0.29) is 5.92 Å². The van der Waals surface area contributed by atoms with E-state index in [2.05, 4.69) is 27.3 Å². The number of anilines is 1. The Morgan fingerprint density at radius 1 is 1.14 bits per heavy atom. The molecule has 6 nitrogen and oxygen atoms in total. The molecule has 0 spiro atoms. The molecule has 8 heteroatoms. The number of fused-ring (bicyclic) bond motifs is 1. The third-order valence-electron chi connectivity index (χ3n) is 6.43. The van der Waals surface area contributed by atoms with E-state index in [1.54, 1.807) is 12.1 Å². The van der Waals surface area contributed by atoms with E-state index in [0.717, 1.165) is 29.1 Å². The van der Waals surface area contributed by atoms with E-state index in [0.29, 0.717) is 17.3 Å². The van der Waals surface area contributed by atoms with Gasteiger partial charge in [-0.2, -0.15) is 4.39 Å². The summed E-state index contributed by atoms with van der Waals surface area (Å²) in [4.78, 5) is 23.9. The molecule has 186 valence electrons. The molecule has 2 aliphatic heterocycles. The van der Waals surface area contributed by atoms with Crippen LogP contribution in [0.15, 0.2) is 77.9 Å². The van der Waals surface area contributed by atoms with Crippen molar-refractivity contribution in [3.63, 3.8) is 0 Å². The molecule has 3 aromatic rings. The van der Waals surface area contributed by atoms with Crippen molar-refractivity contribution in [1.82, 2.24) is 10.3 Å². The van der Waals surface area contributed by atoms with Crippen LogP contribution >= 0.6 is 11.8 Å². The monoisotopic (exact) mass is 504 g/mol. The van der Waals surface area contributed by atoms with Crippen LogP contribution in [0, 0.1) is 11.9 Å². The number of para-hydroxylation sites is 1. The third kappa shape index (κ3) is 4.95. The number of amidine groups is 1. The molecule has 1 N–H and O–H groups in total. The van der Waals surface area contributed by atoms with Gasteiger partial charge in [-0.3, -0.25) is 5.32 Å². The quantitative estimate of drug-likeness (QED) is 0.454. The van der Waals surface area contributed by atoms with Gasteiger partial charge in [0.1, 0.15) is 11.1 Å². The van der Waals surface area contributed by atoms with E-state index < -0.39 is 23.2 Å². The Kier molecular flexibility index (Phi) is 6.47. The molecule has 1 aromatic heterocycles. The number of rotatable bonds is 3. The van der Waals surface area contributed by atoms with Crippen LogP contribution < -0.4 is 10.2 Å². The Hall–Kier alpha value is -3.39. The molecule has 1 fully saturated rings. The molecule has 0 aliphatic carbocycles. The average molecular weight is 505 g/mol. The van der Waals surface area contributed by atoms with Gasteiger partial charge in [0.05, 0.1) is 0 Å². The number of halogens is 1. The summed E-state index contributed by atoms with van der Waals surface area (Å²) in [6.45, 7) is 6.96. The van der Waals surface area contributed by atoms with Gasteiger partial charge in [0.15, 0.2) is 5.17 Å². The van der Waals surface area contributed by atoms with E-state index in [9.17, 15) is 9.18 Å². The summed E-state index contributed by atoms with van der Waals surface area (Å²) in [7, 11) is 0. The normalized spacial score (nSPS) is 21.5. The highest BCUT2D eigenvalue weighted by atomic mass is 32.2. The second-order valence-corrected chi connectivity index (χ2v) is 11.1. The van der Waals surface area contributed by atoms with Crippen molar-refractivity contribution in [1.29, 1.82) is 0 Å². The van der Waals surface area contributed by atoms with Crippen LogP contribution in [0.25, 0.3) is 11.1 Å². The van der Waals surface area contributed by atoms with Gasteiger partial charge in [-0.1, -0.05) is 48.2 Å². The van der Waals surface area contributed by atoms with E-state index in [1.165, 1.54) is 18.0 Å². The van der Waals surface area contributed by atoms with Gasteiger partial charge in [0, 0.05) is 42.2 Å². The first-order chi connectivity index (χ1) is 17.2. The number of nitrogens with one attached hydrogen (secondary N) is 1.